The molecular weight excluding hydrogens is 290 g/mol. The average Bonchev–Trinajstić information content (AvgIpc) is 3.08. The van der Waals surface area contributed by atoms with Crippen LogP contribution in [-0.2, 0) is 31.4 Å². The molecule has 6 heteroatoms. The molecular formula is C17H25N5O. The van der Waals surface area contributed by atoms with Crippen LogP contribution in [0.4, 0.5) is 0 Å². The Bertz CT molecular complexity index is 672. The molecule has 6 nitrogen and oxygen atoms in total. The molecule has 124 valence electrons. The monoisotopic (exact) mass is 315 g/mol. The predicted molar refractivity (Wildman–Crippen MR) is 86.9 cm³/mol. The number of nitrogens with zero attached hydrogens (tertiary/aromatic N) is 5. The van der Waals surface area contributed by atoms with Crippen LogP contribution in [-0.4, -0.2) is 44.7 Å². The molecule has 2 aromatic heterocycles. The van der Waals surface area contributed by atoms with Crippen molar-refractivity contribution in [1.82, 2.24) is 24.5 Å². The maximum Gasteiger partial charge on any atom is 0.0801 e. The topological polar surface area (TPSA) is 48.1 Å². The van der Waals surface area contributed by atoms with Crippen molar-refractivity contribution in [2.45, 2.75) is 38.4 Å². The van der Waals surface area contributed by atoms with E-state index in [9.17, 15) is 0 Å². The third-order valence-corrected chi connectivity index (χ3v) is 4.84. The molecule has 2 aliphatic rings. The molecule has 0 bridgehead atoms. The molecule has 1 aliphatic heterocycles. The van der Waals surface area contributed by atoms with Crippen molar-refractivity contribution >= 4 is 0 Å². The van der Waals surface area contributed by atoms with E-state index in [2.05, 4.69) is 27.1 Å². The maximum absolute atomic E-state index is 5.46. The highest BCUT2D eigenvalue weighted by atomic mass is 16.5. The lowest BCUT2D eigenvalue weighted by Gasteiger charge is -2.31. The van der Waals surface area contributed by atoms with E-state index in [-0.39, 0.29) is 0 Å². The molecule has 1 atom stereocenters. The second kappa shape index (κ2) is 6.09. The largest absolute Gasteiger partial charge is 0.384 e. The fourth-order valence-corrected chi connectivity index (χ4v) is 3.56. The lowest BCUT2D eigenvalue weighted by Crippen LogP contribution is -2.34. The zero-order valence-corrected chi connectivity index (χ0v) is 14.0. The number of methoxy groups -OCH3 is 1. The lowest BCUT2D eigenvalue weighted by atomic mass is 9.95. The first-order valence-corrected chi connectivity index (χ1v) is 8.46. The van der Waals surface area contributed by atoms with E-state index in [4.69, 9.17) is 9.84 Å². The van der Waals surface area contributed by atoms with Gasteiger partial charge in [0.15, 0.2) is 0 Å². The van der Waals surface area contributed by atoms with Crippen LogP contribution in [0.3, 0.4) is 0 Å². The van der Waals surface area contributed by atoms with Gasteiger partial charge in [-0.15, -0.1) is 0 Å². The van der Waals surface area contributed by atoms with Gasteiger partial charge in [-0.25, -0.2) is 0 Å². The summed E-state index contributed by atoms with van der Waals surface area (Å²) >= 11 is 0. The number of aryl methyl sites for hydroxylation is 1. The van der Waals surface area contributed by atoms with E-state index in [1.165, 1.54) is 29.7 Å². The Morgan fingerprint density at radius 1 is 1.30 bits per heavy atom. The lowest BCUT2D eigenvalue weighted by molar-refractivity contribution is 0.135. The Balaban J connectivity index is 1.52. The molecule has 1 fully saturated rings. The molecule has 0 saturated heterocycles. The van der Waals surface area contributed by atoms with Gasteiger partial charge < -0.3 is 4.74 Å². The maximum atomic E-state index is 5.46. The molecule has 1 aliphatic carbocycles. The number of rotatable bonds is 6. The summed E-state index contributed by atoms with van der Waals surface area (Å²) in [7, 11) is 3.75. The highest BCUT2D eigenvalue weighted by Gasteiger charge is 2.30. The van der Waals surface area contributed by atoms with E-state index < -0.39 is 0 Å². The van der Waals surface area contributed by atoms with Gasteiger partial charge >= 0.3 is 0 Å². The molecule has 2 aromatic rings. The van der Waals surface area contributed by atoms with Crippen LogP contribution >= 0.6 is 0 Å². The SMILES string of the molecule is COC[C@H]1CN(Cc2cnn(C)c2)Cc2nn(CC3CC3)cc21. The first-order valence-electron chi connectivity index (χ1n) is 8.46. The Morgan fingerprint density at radius 3 is 2.87 bits per heavy atom. The van der Waals surface area contributed by atoms with E-state index >= 15 is 0 Å². The second-order valence-electron chi connectivity index (χ2n) is 7.04. The molecule has 1 saturated carbocycles. The third-order valence-electron chi connectivity index (χ3n) is 4.84. The zero-order valence-electron chi connectivity index (χ0n) is 14.0. The summed E-state index contributed by atoms with van der Waals surface area (Å²) in [6, 6.07) is 0. The fourth-order valence-electron chi connectivity index (χ4n) is 3.56. The van der Waals surface area contributed by atoms with Crippen molar-refractivity contribution in [1.29, 1.82) is 0 Å². The van der Waals surface area contributed by atoms with Crippen molar-refractivity contribution in [2.75, 3.05) is 20.3 Å². The third kappa shape index (κ3) is 3.33. The van der Waals surface area contributed by atoms with Crippen LogP contribution < -0.4 is 0 Å². The zero-order chi connectivity index (χ0) is 15.8. The van der Waals surface area contributed by atoms with Crippen LogP contribution in [0, 0.1) is 5.92 Å². The molecule has 0 radical (unpaired) electrons. The number of hydrogen-bond acceptors (Lipinski definition) is 4. The van der Waals surface area contributed by atoms with Gasteiger partial charge in [-0.3, -0.25) is 14.3 Å². The van der Waals surface area contributed by atoms with Gasteiger partial charge in [0.05, 0.1) is 18.5 Å². The smallest absolute Gasteiger partial charge is 0.0801 e. The van der Waals surface area contributed by atoms with Gasteiger partial charge in [0.1, 0.15) is 0 Å². The minimum absolute atomic E-state index is 0.411. The normalized spacial score (nSPS) is 21.6. The van der Waals surface area contributed by atoms with Crippen LogP contribution in [0.1, 0.15) is 35.6 Å². The minimum Gasteiger partial charge on any atom is -0.384 e. The molecule has 4 rings (SSSR count). The van der Waals surface area contributed by atoms with Crippen molar-refractivity contribution in [3.63, 3.8) is 0 Å². The van der Waals surface area contributed by atoms with Crippen molar-refractivity contribution in [3.05, 3.63) is 35.4 Å². The van der Waals surface area contributed by atoms with Crippen molar-refractivity contribution in [3.8, 4) is 0 Å². The van der Waals surface area contributed by atoms with E-state index in [0.29, 0.717) is 5.92 Å². The minimum atomic E-state index is 0.411. The van der Waals surface area contributed by atoms with Crippen LogP contribution in [0.25, 0.3) is 0 Å². The summed E-state index contributed by atoms with van der Waals surface area (Å²) in [4.78, 5) is 2.46. The van der Waals surface area contributed by atoms with Gasteiger partial charge in [-0.1, -0.05) is 0 Å². The van der Waals surface area contributed by atoms with E-state index in [1.807, 2.05) is 17.9 Å². The second-order valence-corrected chi connectivity index (χ2v) is 7.04. The standard InChI is InChI=1S/C17H25N5O/c1-20-6-14(5-18-20)7-21-9-15(12-23-2)16-10-22(8-13-3-4-13)19-17(16)11-21/h5-6,10,13,15H,3-4,7-9,11-12H2,1-2H3/t15-/m1/s1. The molecule has 3 heterocycles. The number of hydrogen-bond donors (Lipinski definition) is 0. The Morgan fingerprint density at radius 2 is 2.17 bits per heavy atom. The molecule has 0 spiro atoms. The average molecular weight is 315 g/mol. The molecule has 23 heavy (non-hydrogen) atoms. The summed E-state index contributed by atoms with van der Waals surface area (Å²) in [6.07, 6.45) is 9.02. The molecule has 0 N–H and O–H groups in total. The van der Waals surface area contributed by atoms with Crippen molar-refractivity contribution in [2.24, 2.45) is 13.0 Å². The summed E-state index contributed by atoms with van der Waals surface area (Å²) in [5.41, 5.74) is 3.86. The van der Waals surface area contributed by atoms with Gasteiger partial charge in [0.25, 0.3) is 0 Å². The fraction of sp³-hybridized carbons (Fsp3) is 0.647. The van der Waals surface area contributed by atoms with Gasteiger partial charge in [-0.05, 0) is 18.8 Å². The Labute approximate surface area is 137 Å². The summed E-state index contributed by atoms with van der Waals surface area (Å²) in [6.45, 7) is 4.69. The van der Waals surface area contributed by atoms with E-state index in [0.717, 1.165) is 38.7 Å². The molecule has 0 unspecified atom stereocenters. The van der Waals surface area contributed by atoms with E-state index in [1.54, 1.807) is 7.11 Å². The number of fused-ring (bicyclic) bond motifs is 1. The van der Waals surface area contributed by atoms with Gasteiger partial charge in [0, 0.05) is 69.8 Å². The van der Waals surface area contributed by atoms with Crippen LogP contribution in [0.15, 0.2) is 18.6 Å². The van der Waals surface area contributed by atoms with Gasteiger partial charge in [-0.2, -0.15) is 10.2 Å². The molecule has 0 amide bonds. The quantitative estimate of drug-likeness (QED) is 0.815. The number of aromatic nitrogens is 4. The highest BCUT2D eigenvalue weighted by molar-refractivity contribution is 5.26. The van der Waals surface area contributed by atoms with Gasteiger partial charge in [0.2, 0.25) is 0 Å². The summed E-state index contributed by atoms with van der Waals surface area (Å²) in [5, 5.41) is 9.13. The predicted octanol–water partition coefficient (Wildman–Crippen LogP) is 1.77. The summed E-state index contributed by atoms with van der Waals surface area (Å²) in [5.74, 6) is 1.26. The Hall–Kier alpha value is -1.66. The highest BCUT2D eigenvalue weighted by Crippen LogP contribution is 2.33. The first-order chi connectivity index (χ1) is 11.2. The Kier molecular flexibility index (Phi) is 3.95. The number of ether oxygens (including phenoxy) is 1. The van der Waals surface area contributed by atoms with Crippen molar-refractivity contribution < 1.29 is 4.74 Å². The molecule has 0 aromatic carbocycles. The van der Waals surface area contributed by atoms with Crippen LogP contribution in [0.2, 0.25) is 0 Å². The van der Waals surface area contributed by atoms with Crippen LogP contribution in [0.5, 0.6) is 0 Å². The first kappa shape index (κ1) is 14.9. The summed E-state index contributed by atoms with van der Waals surface area (Å²) < 4.78 is 9.49.